The predicted molar refractivity (Wildman–Crippen MR) is 102 cm³/mol. The number of ether oxygens (including phenoxy) is 1. The molecule has 0 saturated carbocycles. The first-order valence-corrected chi connectivity index (χ1v) is 8.98. The molecule has 0 spiro atoms. The smallest absolute Gasteiger partial charge is 0.237 e. The van der Waals surface area contributed by atoms with Crippen LogP contribution < -0.4 is 15.4 Å². The number of likely N-dealkylation sites (N-methyl/N-ethyl adjacent to an activating group) is 1. The standard InChI is InChI=1S/C21H23N3O2/c1-3-22-21(25)18-12-16-15-9-4-5-10-17(15)23-20(16)19(24-18)13-7-6-8-14(11-13)26-2/h4-11,18-19,23-24H,3,12H2,1-2H3,(H,22,25)/t18-,19?/m0/s1. The van der Waals surface area contributed by atoms with Gasteiger partial charge in [-0.2, -0.15) is 0 Å². The van der Waals surface area contributed by atoms with Crippen LogP contribution in [0.1, 0.15) is 29.8 Å². The molecular formula is C21H23N3O2. The quantitative estimate of drug-likeness (QED) is 0.678. The molecule has 0 bridgehead atoms. The van der Waals surface area contributed by atoms with Gasteiger partial charge >= 0.3 is 0 Å². The van der Waals surface area contributed by atoms with Crippen molar-refractivity contribution in [1.29, 1.82) is 0 Å². The molecule has 26 heavy (non-hydrogen) atoms. The number of methoxy groups -OCH3 is 1. The lowest BCUT2D eigenvalue weighted by atomic mass is 9.90. The first kappa shape index (κ1) is 16.7. The molecule has 1 unspecified atom stereocenters. The number of carbonyl (C=O) groups excluding carboxylic acids is 1. The highest BCUT2D eigenvalue weighted by molar-refractivity contribution is 5.88. The molecular weight excluding hydrogens is 326 g/mol. The van der Waals surface area contributed by atoms with Gasteiger partial charge in [0.05, 0.1) is 19.2 Å². The highest BCUT2D eigenvalue weighted by Crippen LogP contribution is 2.36. The van der Waals surface area contributed by atoms with Crippen molar-refractivity contribution in [3.8, 4) is 5.75 Å². The summed E-state index contributed by atoms with van der Waals surface area (Å²) in [7, 11) is 1.67. The number of aromatic amines is 1. The second kappa shape index (κ2) is 6.84. The molecule has 2 atom stereocenters. The van der Waals surface area contributed by atoms with Gasteiger partial charge < -0.3 is 15.0 Å². The average molecular weight is 349 g/mol. The zero-order chi connectivity index (χ0) is 18.1. The van der Waals surface area contributed by atoms with E-state index < -0.39 is 0 Å². The molecule has 0 radical (unpaired) electrons. The number of hydrogen-bond donors (Lipinski definition) is 3. The number of benzene rings is 2. The average Bonchev–Trinajstić information content (AvgIpc) is 3.06. The maximum Gasteiger partial charge on any atom is 0.237 e. The van der Waals surface area contributed by atoms with Gasteiger partial charge in [-0.15, -0.1) is 0 Å². The third-order valence-electron chi connectivity index (χ3n) is 5.01. The van der Waals surface area contributed by atoms with Gasteiger partial charge in [-0.25, -0.2) is 0 Å². The van der Waals surface area contributed by atoms with Crippen LogP contribution in [-0.4, -0.2) is 30.6 Å². The van der Waals surface area contributed by atoms with E-state index >= 15 is 0 Å². The Morgan fingerprint density at radius 2 is 2.08 bits per heavy atom. The summed E-state index contributed by atoms with van der Waals surface area (Å²) in [4.78, 5) is 16.1. The second-order valence-electron chi connectivity index (χ2n) is 6.59. The second-order valence-corrected chi connectivity index (χ2v) is 6.59. The molecule has 3 aromatic rings. The summed E-state index contributed by atoms with van der Waals surface area (Å²) < 4.78 is 5.39. The van der Waals surface area contributed by atoms with Gasteiger partial charge in [0, 0.05) is 23.1 Å². The van der Waals surface area contributed by atoms with Gasteiger partial charge in [-0.3, -0.25) is 10.1 Å². The molecule has 0 aliphatic carbocycles. The minimum atomic E-state index is -0.266. The monoisotopic (exact) mass is 349 g/mol. The fourth-order valence-electron chi connectivity index (χ4n) is 3.78. The summed E-state index contributed by atoms with van der Waals surface area (Å²) in [5.74, 6) is 0.846. The predicted octanol–water partition coefficient (Wildman–Crippen LogP) is 2.92. The Morgan fingerprint density at radius 1 is 1.23 bits per heavy atom. The van der Waals surface area contributed by atoms with E-state index in [4.69, 9.17) is 4.74 Å². The lowest BCUT2D eigenvalue weighted by Gasteiger charge is -2.31. The number of aromatic nitrogens is 1. The van der Waals surface area contributed by atoms with Gasteiger partial charge in [0.2, 0.25) is 5.91 Å². The molecule has 2 aromatic carbocycles. The topological polar surface area (TPSA) is 66.2 Å². The lowest BCUT2D eigenvalue weighted by Crippen LogP contribution is -2.49. The van der Waals surface area contributed by atoms with Crippen molar-refractivity contribution >= 4 is 16.8 Å². The third kappa shape index (κ3) is 2.84. The lowest BCUT2D eigenvalue weighted by molar-refractivity contribution is -0.123. The van der Waals surface area contributed by atoms with E-state index in [2.05, 4.69) is 33.8 Å². The molecule has 1 amide bonds. The number of fused-ring (bicyclic) bond motifs is 3. The van der Waals surface area contributed by atoms with Gasteiger partial charge in [-0.05, 0) is 42.7 Å². The van der Waals surface area contributed by atoms with Gasteiger partial charge in [0.25, 0.3) is 0 Å². The number of H-pyrrole nitrogens is 1. The molecule has 1 aromatic heterocycles. The van der Waals surface area contributed by atoms with E-state index in [9.17, 15) is 4.79 Å². The van der Waals surface area contributed by atoms with Crippen LogP contribution in [0.5, 0.6) is 5.75 Å². The highest BCUT2D eigenvalue weighted by Gasteiger charge is 2.33. The summed E-state index contributed by atoms with van der Waals surface area (Å²) in [5, 5.41) is 7.65. The number of carbonyl (C=O) groups is 1. The van der Waals surface area contributed by atoms with Crippen molar-refractivity contribution in [2.75, 3.05) is 13.7 Å². The summed E-state index contributed by atoms with van der Waals surface area (Å²) >= 11 is 0. The van der Waals surface area contributed by atoms with Crippen molar-refractivity contribution in [3.63, 3.8) is 0 Å². The van der Waals surface area contributed by atoms with E-state index in [0.29, 0.717) is 13.0 Å². The van der Waals surface area contributed by atoms with E-state index in [1.54, 1.807) is 7.11 Å². The highest BCUT2D eigenvalue weighted by atomic mass is 16.5. The van der Waals surface area contributed by atoms with Gasteiger partial charge in [0.1, 0.15) is 5.75 Å². The van der Waals surface area contributed by atoms with Crippen LogP contribution in [0.25, 0.3) is 10.9 Å². The zero-order valence-corrected chi connectivity index (χ0v) is 15.0. The number of rotatable bonds is 4. The van der Waals surface area contributed by atoms with Crippen molar-refractivity contribution in [2.45, 2.75) is 25.4 Å². The maximum absolute atomic E-state index is 12.6. The van der Waals surface area contributed by atoms with Crippen molar-refractivity contribution in [2.24, 2.45) is 0 Å². The van der Waals surface area contributed by atoms with E-state index in [-0.39, 0.29) is 18.0 Å². The van der Waals surface area contributed by atoms with Crippen molar-refractivity contribution in [1.82, 2.24) is 15.6 Å². The van der Waals surface area contributed by atoms with Crippen LogP contribution in [0.15, 0.2) is 48.5 Å². The first-order chi connectivity index (χ1) is 12.7. The van der Waals surface area contributed by atoms with Crippen LogP contribution in [0, 0.1) is 0 Å². The minimum absolute atomic E-state index is 0.0383. The zero-order valence-electron chi connectivity index (χ0n) is 15.0. The Labute approximate surface area is 152 Å². The molecule has 0 fully saturated rings. The molecule has 2 heterocycles. The Balaban J connectivity index is 1.83. The minimum Gasteiger partial charge on any atom is -0.497 e. The fourth-order valence-corrected chi connectivity index (χ4v) is 3.78. The number of amides is 1. The van der Waals surface area contributed by atoms with Crippen LogP contribution in [0.2, 0.25) is 0 Å². The molecule has 134 valence electrons. The Morgan fingerprint density at radius 3 is 2.88 bits per heavy atom. The summed E-state index contributed by atoms with van der Waals surface area (Å²) in [6, 6.07) is 15.9. The Hall–Kier alpha value is -2.79. The largest absolute Gasteiger partial charge is 0.497 e. The van der Waals surface area contributed by atoms with Crippen LogP contribution in [0.4, 0.5) is 0 Å². The van der Waals surface area contributed by atoms with Crippen molar-refractivity contribution in [3.05, 3.63) is 65.4 Å². The van der Waals surface area contributed by atoms with Gasteiger partial charge in [-0.1, -0.05) is 30.3 Å². The maximum atomic E-state index is 12.6. The fraction of sp³-hybridized carbons (Fsp3) is 0.286. The molecule has 1 aliphatic rings. The van der Waals surface area contributed by atoms with Crippen LogP contribution >= 0.6 is 0 Å². The van der Waals surface area contributed by atoms with E-state index in [1.807, 2.05) is 37.3 Å². The van der Waals surface area contributed by atoms with Crippen LogP contribution in [-0.2, 0) is 11.2 Å². The number of para-hydroxylation sites is 1. The van der Waals surface area contributed by atoms with E-state index in [0.717, 1.165) is 22.5 Å². The Bertz CT molecular complexity index is 947. The summed E-state index contributed by atoms with van der Waals surface area (Å²) in [6.45, 7) is 2.57. The summed E-state index contributed by atoms with van der Waals surface area (Å²) in [5.41, 5.74) is 4.51. The summed E-state index contributed by atoms with van der Waals surface area (Å²) in [6.07, 6.45) is 0.672. The molecule has 3 N–H and O–H groups in total. The van der Waals surface area contributed by atoms with Crippen molar-refractivity contribution < 1.29 is 9.53 Å². The molecule has 1 aliphatic heterocycles. The third-order valence-corrected chi connectivity index (χ3v) is 5.01. The first-order valence-electron chi connectivity index (χ1n) is 8.98. The number of hydrogen-bond acceptors (Lipinski definition) is 3. The van der Waals surface area contributed by atoms with Crippen LogP contribution in [0.3, 0.4) is 0 Å². The molecule has 0 saturated heterocycles. The number of nitrogens with one attached hydrogen (secondary N) is 3. The van der Waals surface area contributed by atoms with Gasteiger partial charge in [0.15, 0.2) is 0 Å². The molecule has 5 nitrogen and oxygen atoms in total. The molecule has 4 rings (SSSR count). The SMILES string of the molecule is CCNC(=O)[C@@H]1Cc2c([nH]c3ccccc23)C(c2cccc(OC)c2)N1. The normalized spacial score (nSPS) is 19.2. The Kier molecular flexibility index (Phi) is 4.39. The molecule has 5 heteroatoms. The van der Waals surface area contributed by atoms with E-state index in [1.165, 1.54) is 10.9 Å².